The van der Waals surface area contributed by atoms with Gasteiger partial charge in [0, 0.05) is 41.6 Å². The summed E-state index contributed by atoms with van der Waals surface area (Å²) in [7, 11) is 0. The van der Waals surface area contributed by atoms with Crippen molar-refractivity contribution in [1.29, 1.82) is 5.26 Å². The fourth-order valence-electron chi connectivity index (χ4n) is 2.86. The first-order valence-electron chi connectivity index (χ1n) is 8.09. The summed E-state index contributed by atoms with van der Waals surface area (Å²) in [5, 5.41) is 19.3. The van der Waals surface area contributed by atoms with Crippen LogP contribution in [0.4, 0.5) is 0 Å². The maximum Gasteiger partial charge on any atom is 0.272 e. The molecule has 0 saturated carbocycles. The lowest BCUT2D eigenvalue weighted by atomic mass is 9.91. The summed E-state index contributed by atoms with van der Waals surface area (Å²) in [4.78, 5) is 21.1. The van der Waals surface area contributed by atoms with E-state index in [-0.39, 0.29) is 34.3 Å². The van der Waals surface area contributed by atoms with E-state index in [9.17, 15) is 9.90 Å². The van der Waals surface area contributed by atoms with Gasteiger partial charge in [0.1, 0.15) is 11.6 Å². The number of fused-ring (bicyclic) bond motifs is 1. The molecule has 0 fully saturated rings. The molecule has 130 valence electrons. The molecule has 2 aromatic heterocycles. The zero-order valence-electron chi connectivity index (χ0n) is 14.4. The Bertz CT molecular complexity index is 878. The first-order chi connectivity index (χ1) is 11.8. The molecule has 2 atom stereocenters. The largest absolute Gasteiger partial charge is 0.396 e. The lowest BCUT2D eigenvalue weighted by Gasteiger charge is -2.32. The number of hydrogen-bond donors (Lipinski definition) is 1. The minimum absolute atomic E-state index is 0.0238. The zero-order chi connectivity index (χ0) is 18.2. The smallest absolute Gasteiger partial charge is 0.272 e. The van der Waals surface area contributed by atoms with Crippen LogP contribution in [-0.4, -0.2) is 26.2 Å². The van der Waals surface area contributed by atoms with Crippen LogP contribution in [0.3, 0.4) is 0 Å². The molecule has 0 bridgehead atoms. The molecule has 0 radical (unpaired) electrons. The van der Waals surface area contributed by atoms with Gasteiger partial charge in [-0.3, -0.25) is 14.3 Å². The van der Waals surface area contributed by atoms with E-state index < -0.39 is 0 Å². The first kappa shape index (κ1) is 17.6. The summed E-state index contributed by atoms with van der Waals surface area (Å²) < 4.78 is 1.48. The Hall–Kier alpha value is -2.17. The van der Waals surface area contributed by atoms with Gasteiger partial charge in [0.15, 0.2) is 5.16 Å². The van der Waals surface area contributed by atoms with Crippen LogP contribution in [0, 0.1) is 17.2 Å². The third kappa shape index (κ3) is 3.32. The number of pyridine rings is 1. The number of aromatic nitrogens is 3. The predicted molar refractivity (Wildman–Crippen MR) is 95.3 cm³/mol. The summed E-state index contributed by atoms with van der Waals surface area (Å²) in [6.45, 7) is 6.62. The highest BCUT2D eigenvalue weighted by molar-refractivity contribution is 7.99. The van der Waals surface area contributed by atoms with Crippen molar-refractivity contribution in [3.8, 4) is 6.07 Å². The van der Waals surface area contributed by atoms with Crippen molar-refractivity contribution in [2.24, 2.45) is 5.92 Å². The highest BCUT2D eigenvalue weighted by Crippen LogP contribution is 2.43. The second-order valence-electron chi connectivity index (χ2n) is 7.19. The monoisotopic (exact) mass is 356 g/mol. The minimum atomic E-state index is -0.349. The van der Waals surface area contributed by atoms with Crippen LogP contribution in [0.15, 0.2) is 34.5 Å². The third-order valence-corrected chi connectivity index (χ3v) is 5.77. The Morgan fingerprint density at radius 3 is 2.68 bits per heavy atom. The van der Waals surface area contributed by atoms with Crippen LogP contribution in [-0.2, 0) is 12.0 Å². The van der Waals surface area contributed by atoms with E-state index in [2.05, 4.69) is 30.7 Å². The Morgan fingerprint density at radius 1 is 1.36 bits per heavy atom. The van der Waals surface area contributed by atoms with Gasteiger partial charge < -0.3 is 5.11 Å². The topological polar surface area (TPSA) is 91.8 Å². The van der Waals surface area contributed by atoms with E-state index in [4.69, 9.17) is 5.26 Å². The lowest BCUT2D eigenvalue weighted by Crippen LogP contribution is -2.35. The van der Waals surface area contributed by atoms with E-state index in [0.29, 0.717) is 11.7 Å². The SMILES string of the molecule is CC(C)(C)c1ccc(C2Sc3ncc(C#N)c(=O)n3CC2CO)cn1. The van der Waals surface area contributed by atoms with E-state index in [1.165, 1.54) is 22.5 Å². The molecular formula is C18H20N4O2S. The number of rotatable bonds is 2. The molecule has 0 amide bonds. The average molecular weight is 356 g/mol. The van der Waals surface area contributed by atoms with E-state index in [1.54, 1.807) is 0 Å². The van der Waals surface area contributed by atoms with Crippen molar-refractivity contribution in [3.63, 3.8) is 0 Å². The predicted octanol–water partition coefficient (Wildman–Crippen LogP) is 2.26. The minimum Gasteiger partial charge on any atom is -0.396 e. The van der Waals surface area contributed by atoms with Gasteiger partial charge in [-0.25, -0.2) is 4.98 Å². The molecule has 6 nitrogen and oxygen atoms in total. The maximum atomic E-state index is 12.3. The van der Waals surface area contributed by atoms with Gasteiger partial charge in [0.25, 0.3) is 5.56 Å². The fraction of sp³-hybridized carbons (Fsp3) is 0.444. The molecule has 25 heavy (non-hydrogen) atoms. The second kappa shape index (κ2) is 6.62. The van der Waals surface area contributed by atoms with Gasteiger partial charge in [-0.05, 0) is 11.6 Å². The molecule has 1 aliphatic rings. The third-order valence-electron chi connectivity index (χ3n) is 4.33. The molecule has 0 saturated heterocycles. The van der Waals surface area contributed by atoms with Gasteiger partial charge in [-0.2, -0.15) is 5.26 Å². The average Bonchev–Trinajstić information content (AvgIpc) is 2.60. The van der Waals surface area contributed by atoms with Gasteiger partial charge in [0.05, 0.1) is 6.20 Å². The summed E-state index contributed by atoms with van der Waals surface area (Å²) in [6.07, 6.45) is 3.16. The van der Waals surface area contributed by atoms with Crippen molar-refractivity contribution < 1.29 is 5.11 Å². The number of hydrogen-bond acceptors (Lipinski definition) is 6. The highest BCUT2D eigenvalue weighted by Gasteiger charge is 2.32. The van der Waals surface area contributed by atoms with Crippen molar-refractivity contribution in [2.75, 3.05) is 6.61 Å². The fourth-order valence-corrected chi connectivity index (χ4v) is 4.13. The van der Waals surface area contributed by atoms with Gasteiger partial charge in [-0.1, -0.05) is 38.6 Å². The summed E-state index contributed by atoms with van der Waals surface area (Å²) >= 11 is 1.43. The van der Waals surface area contributed by atoms with Crippen molar-refractivity contribution >= 4 is 11.8 Å². The number of nitriles is 1. The molecular weight excluding hydrogens is 336 g/mol. The number of aliphatic hydroxyl groups excluding tert-OH is 1. The van der Waals surface area contributed by atoms with E-state index in [0.717, 1.165) is 11.3 Å². The standard InChI is InChI=1S/C18H20N4O2S/c1-18(2,3)14-5-4-11(7-20-14)15-13(10-23)9-22-16(24)12(6-19)8-21-17(22)25-15/h4-5,7-8,13,15,23H,9-10H2,1-3H3. The molecule has 0 aromatic carbocycles. The Balaban J connectivity index is 1.97. The van der Waals surface area contributed by atoms with E-state index in [1.807, 2.05) is 24.4 Å². The summed E-state index contributed by atoms with van der Waals surface area (Å²) in [6, 6.07) is 5.91. The van der Waals surface area contributed by atoms with Gasteiger partial charge in [0.2, 0.25) is 0 Å². The van der Waals surface area contributed by atoms with Crippen LogP contribution in [0.5, 0.6) is 0 Å². The Labute approximate surface area is 150 Å². The van der Waals surface area contributed by atoms with Crippen molar-refractivity contribution in [1.82, 2.24) is 14.5 Å². The molecule has 3 rings (SSSR count). The molecule has 1 N–H and O–H groups in total. The molecule has 2 aromatic rings. The highest BCUT2D eigenvalue weighted by atomic mass is 32.2. The molecule has 1 aliphatic heterocycles. The molecule has 3 heterocycles. The number of nitrogens with zero attached hydrogens (tertiary/aromatic N) is 4. The summed E-state index contributed by atoms with van der Waals surface area (Å²) in [5.74, 6) is -0.145. The van der Waals surface area contributed by atoms with E-state index >= 15 is 0 Å². The molecule has 2 unspecified atom stereocenters. The van der Waals surface area contributed by atoms with Crippen LogP contribution >= 0.6 is 11.8 Å². The van der Waals surface area contributed by atoms with Crippen LogP contribution in [0.2, 0.25) is 0 Å². The van der Waals surface area contributed by atoms with Gasteiger partial charge >= 0.3 is 0 Å². The molecule has 0 aliphatic carbocycles. The number of aliphatic hydroxyl groups is 1. The first-order valence-corrected chi connectivity index (χ1v) is 8.97. The van der Waals surface area contributed by atoms with Crippen LogP contribution in [0.1, 0.15) is 42.8 Å². The van der Waals surface area contributed by atoms with Crippen LogP contribution < -0.4 is 5.56 Å². The summed E-state index contributed by atoms with van der Waals surface area (Å²) in [5.41, 5.74) is 1.66. The molecule has 0 spiro atoms. The molecule has 7 heteroatoms. The zero-order valence-corrected chi connectivity index (χ0v) is 15.2. The van der Waals surface area contributed by atoms with Crippen LogP contribution in [0.25, 0.3) is 0 Å². The second-order valence-corrected chi connectivity index (χ2v) is 8.30. The van der Waals surface area contributed by atoms with Crippen molar-refractivity contribution in [3.05, 3.63) is 51.7 Å². The Kier molecular flexibility index (Phi) is 4.67. The maximum absolute atomic E-state index is 12.3. The normalized spacial score (nSPS) is 20.0. The lowest BCUT2D eigenvalue weighted by molar-refractivity contribution is 0.198. The van der Waals surface area contributed by atoms with Gasteiger partial charge in [-0.15, -0.1) is 0 Å². The Morgan fingerprint density at radius 2 is 2.12 bits per heavy atom. The van der Waals surface area contributed by atoms with Crippen molar-refractivity contribution in [2.45, 2.75) is 43.1 Å². The number of thioether (sulfide) groups is 1. The quantitative estimate of drug-likeness (QED) is 0.830.